The zero-order chi connectivity index (χ0) is 11.0. The molecule has 0 unspecified atom stereocenters. The van der Waals surface area contributed by atoms with Crippen LogP contribution in [-0.2, 0) is 11.2 Å². The summed E-state index contributed by atoms with van der Waals surface area (Å²) in [5, 5.41) is 8.80. The van der Waals surface area contributed by atoms with Crippen LogP contribution in [0.15, 0.2) is 18.3 Å². The fourth-order valence-electron chi connectivity index (χ4n) is 1.72. The molecule has 0 aliphatic carbocycles. The fraction of sp³-hybridized carbons (Fsp3) is 0.273. The third-order valence-electron chi connectivity index (χ3n) is 2.46. The normalized spacial score (nSPS) is 10.8. The molecule has 0 bridgehead atoms. The molecule has 2 aromatic heterocycles. The first-order chi connectivity index (χ1) is 7.09. The highest BCUT2D eigenvalue weighted by atomic mass is 16.4. The van der Waals surface area contributed by atoms with Gasteiger partial charge in [-0.3, -0.25) is 4.79 Å². The van der Waals surface area contributed by atoms with Crippen molar-refractivity contribution in [3.8, 4) is 0 Å². The Bertz CT molecular complexity index is 529. The lowest BCUT2D eigenvalue weighted by Gasteiger charge is -2.00. The number of aryl methyl sites for hydroxylation is 2. The van der Waals surface area contributed by atoms with Gasteiger partial charge in [0.25, 0.3) is 0 Å². The maximum Gasteiger partial charge on any atom is 0.309 e. The molecule has 0 atom stereocenters. The van der Waals surface area contributed by atoms with Gasteiger partial charge in [0.05, 0.1) is 17.8 Å². The number of hydrogen-bond acceptors (Lipinski definition) is 2. The molecule has 0 aliphatic heterocycles. The molecule has 1 N–H and O–H groups in total. The van der Waals surface area contributed by atoms with Crippen molar-refractivity contribution >= 4 is 11.6 Å². The number of aromatic nitrogens is 2. The van der Waals surface area contributed by atoms with Crippen molar-refractivity contribution in [3.05, 3.63) is 35.3 Å². The van der Waals surface area contributed by atoms with Gasteiger partial charge in [0.2, 0.25) is 0 Å². The highest BCUT2D eigenvalue weighted by Gasteiger charge is 2.12. The fourth-order valence-corrected chi connectivity index (χ4v) is 1.72. The Morgan fingerprint density at radius 3 is 2.93 bits per heavy atom. The van der Waals surface area contributed by atoms with E-state index in [2.05, 4.69) is 4.98 Å². The third-order valence-corrected chi connectivity index (χ3v) is 2.46. The minimum Gasteiger partial charge on any atom is -0.481 e. The second-order valence-corrected chi connectivity index (χ2v) is 3.60. The number of carboxylic acid groups (broad SMARTS) is 1. The number of pyridine rings is 1. The van der Waals surface area contributed by atoms with Crippen LogP contribution < -0.4 is 0 Å². The summed E-state index contributed by atoms with van der Waals surface area (Å²) in [6, 6.07) is 3.86. The van der Waals surface area contributed by atoms with Crippen molar-refractivity contribution < 1.29 is 9.90 Å². The van der Waals surface area contributed by atoms with E-state index in [1.54, 1.807) is 0 Å². The number of nitrogens with zero attached hydrogens (tertiary/aromatic N) is 2. The molecular formula is C11H12N2O2. The topological polar surface area (TPSA) is 54.6 Å². The van der Waals surface area contributed by atoms with Crippen LogP contribution in [-0.4, -0.2) is 20.5 Å². The predicted octanol–water partition coefficient (Wildman–Crippen LogP) is 1.58. The summed E-state index contributed by atoms with van der Waals surface area (Å²) in [6.45, 7) is 3.80. The van der Waals surface area contributed by atoms with Crippen LogP contribution in [0.4, 0.5) is 0 Å². The summed E-state index contributed by atoms with van der Waals surface area (Å²) < 4.78 is 1.85. The summed E-state index contributed by atoms with van der Waals surface area (Å²) in [5.41, 5.74) is 3.43. The van der Waals surface area contributed by atoms with Crippen LogP contribution in [0, 0.1) is 13.8 Å². The Morgan fingerprint density at radius 1 is 1.53 bits per heavy atom. The second kappa shape index (κ2) is 3.38. The lowest BCUT2D eigenvalue weighted by Crippen LogP contribution is -2.04. The summed E-state index contributed by atoms with van der Waals surface area (Å²) >= 11 is 0. The van der Waals surface area contributed by atoms with E-state index in [1.165, 1.54) is 0 Å². The largest absolute Gasteiger partial charge is 0.481 e. The third kappa shape index (κ3) is 1.58. The molecule has 78 valence electrons. The number of rotatable bonds is 2. The molecule has 2 rings (SSSR count). The molecular weight excluding hydrogens is 192 g/mol. The van der Waals surface area contributed by atoms with Crippen molar-refractivity contribution in [2.24, 2.45) is 0 Å². The maximum absolute atomic E-state index is 10.7. The molecule has 0 saturated heterocycles. The number of carbonyl (C=O) groups is 1. The zero-order valence-electron chi connectivity index (χ0n) is 8.69. The Morgan fingerprint density at radius 2 is 2.27 bits per heavy atom. The van der Waals surface area contributed by atoms with E-state index in [1.807, 2.05) is 36.6 Å². The van der Waals surface area contributed by atoms with Gasteiger partial charge in [0.15, 0.2) is 0 Å². The van der Waals surface area contributed by atoms with Crippen LogP contribution in [0.3, 0.4) is 0 Å². The monoisotopic (exact) mass is 204 g/mol. The van der Waals surface area contributed by atoms with E-state index in [4.69, 9.17) is 5.11 Å². The Kier molecular flexibility index (Phi) is 2.19. The van der Waals surface area contributed by atoms with Crippen LogP contribution in [0.25, 0.3) is 5.65 Å². The van der Waals surface area contributed by atoms with Gasteiger partial charge in [-0.25, -0.2) is 4.98 Å². The summed E-state index contributed by atoms with van der Waals surface area (Å²) in [5.74, 6) is -0.832. The van der Waals surface area contributed by atoms with E-state index in [9.17, 15) is 4.79 Å². The van der Waals surface area contributed by atoms with E-state index in [0.29, 0.717) is 0 Å². The zero-order valence-corrected chi connectivity index (χ0v) is 8.69. The van der Waals surface area contributed by atoms with Gasteiger partial charge in [0.1, 0.15) is 5.65 Å². The molecule has 0 spiro atoms. The standard InChI is InChI=1S/C11H12N2O2/c1-7-4-3-5-13-9(6-10(14)15)8(2)12-11(7)13/h3-5H,6H2,1-2H3,(H,14,15). The highest BCUT2D eigenvalue weighted by molar-refractivity contribution is 5.70. The van der Waals surface area contributed by atoms with Crippen molar-refractivity contribution in [1.29, 1.82) is 0 Å². The van der Waals surface area contributed by atoms with E-state index >= 15 is 0 Å². The molecule has 0 amide bonds. The molecule has 0 aromatic carbocycles. The molecule has 2 heterocycles. The lowest BCUT2D eigenvalue weighted by molar-refractivity contribution is -0.136. The molecule has 0 saturated carbocycles. The number of carboxylic acids is 1. The average molecular weight is 204 g/mol. The predicted molar refractivity (Wildman–Crippen MR) is 56.0 cm³/mol. The van der Waals surface area contributed by atoms with E-state index in [0.717, 1.165) is 22.6 Å². The molecule has 0 fully saturated rings. The molecule has 4 heteroatoms. The number of hydrogen-bond donors (Lipinski definition) is 1. The molecule has 2 aromatic rings. The van der Waals surface area contributed by atoms with Crippen LogP contribution in [0.2, 0.25) is 0 Å². The van der Waals surface area contributed by atoms with Gasteiger partial charge in [-0.15, -0.1) is 0 Å². The van der Waals surface area contributed by atoms with Gasteiger partial charge in [-0.05, 0) is 25.5 Å². The SMILES string of the molecule is Cc1nc2c(C)cccn2c1CC(=O)O. The molecule has 4 nitrogen and oxygen atoms in total. The van der Waals surface area contributed by atoms with Gasteiger partial charge in [-0.1, -0.05) is 6.07 Å². The minimum atomic E-state index is -0.832. The molecule has 15 heavy (non-hydrogen) atoms. The first-order valence-corrected chi connectivity index (χ1v) is 4.74. The first kappa shape index (κ1) is 9.71. The van der Waals surface area contributed by atoms with E-state index in [-0.39, 0.29) is 6.42 Å². The second-order valence-electron chi connectivity index (χ2n) is 3.60. The lowest BCUT2D eigenvalue weighted by atomic mass is 10.2. The molecule has 0 radical (unpaired) electrons. The average Bonchev–Trinajstić information content (AvgIpc) is 2.45. The van der Waals surface area contributed by atoms with Crippen LogP contribution in [0.5, 0.6) is 0 Å². The summed E-state index contributed by atoms with van der Waals surface area (Å²) in [7, 11) is 0. The van der Waals surface area contributed by atoms with Gasteiger partial charge in [-0.2, -0.15) is 0 Å². The number of imidazole rings is 1. The Balaban J connectivity index is 2.68. The van der Waals surface area contributed by atoms with Gasteiger partial charge >= 0.3 is 5.97 Å². The Hall–Kier alpha value is -1.84. The van der Waals surface area contributed by atoms with Crippen molar-refractivity contribution in [2.75, 3.05) is 0 Å². The minimum absolute atomic E-state index is 0.0104. The molecule has 0 aliphatic rings. The van der Waals surface area contributed by atoms with Crippen LogP contribution >= 0.6 is 0 Å². The van der Waals surface area contributed by atoms with Gasteiger partial charge in [0, 0.05) is 6.20 Å². The van der Waals surface area contributed by atoms with Crippen molar-refractivity contribution in [1.82, 2.24) is 9.38 Å². The summed E-state index contributed by atoms with van der Waals surface area (Å²) in [4.78, 5) is 15.1. The quantitative estimate of drug-likeness (QED) is 0.808. The van der Waals surface area contributed by atoms with Crippen molar-refractivity contribution in [3.63, 3.8) is 0 Å². The van der Waals surface area contributed by atoms with Crippen molar-refractivity contribution in [2.45, 2.75) is 20.3 Å². The van der Waals surface area contributed by atoms with E-state index < -0.39 is 5.97 Å². The highest BCUT2D eigenvalue weighted by Crippen LogP contribution is 2.15. The van der Waals surface area contributed by atoms with Crippen LogP contribution in [0.1, 0.15) is 17.0 Å². The number of fused-ring (bicyclic) bond motifs is 1. The maximum atomic E-state index is 10.7. The smallest absolute Gasteiger partial charge is 0.309 e. The Labute approximate surface area is 87.2 Å². The summed E-state index contributed by atoms with van der Waals surface area (Å²) in [6.07, 6.45) is 1.86. The number of aliphatic carboxylic acids is 1. The van der Waals surface area contributed by atoms with Gasteiger partial charge < -0.3 is 9.51 Å². The first-order valence-electron chi connectivity index (χ1n) is 4.74.